The number of carbonyl (C=O) groups is 1. The first-order valence-electron chi connectivity index (χ1n) is 8.39. The number of hydrogen-bond acceptors (Lipinski definition) is 4. The van der Waals surface area contributed by atoms with Gasteiger partial charge in [0.2, 0.25) is 5.56 Å². The first-order chi connectivity index (χ1) is 12.7. The van der Waals surface area contributed by atoms with Crippen molar-refractivity contribution in [2.24, 2.45) is 0 Å². The minimum absolute atomic E-state index is 0.132. The molecule has 0 saturated carbocycles. The van der Waals surface area contributed by atoms with Gasteiger partial charge in [0.05, 0.1) is 16.8 Å². The summed E-state index contributed by atoms with van der Waals surface area (Å²) in [7, 11) is 1.93. The Balaban J connectivity index is 1.95. The third kappa shape index (κ3) is 4.48. The van der Waals surface area contributed by atoms with Crippen LogP contribution in [0.3, 0.4) is 0 Å². The van der Waals surface area contributed by atoms with Gasteiger partial charge in [-0.3, -0.25) is 9.59 Å². The molecule has 0 bridgehead atoms. The molecule has 0 spiro atoms. The van der Waals surface area contributed by atoms with Crippen molar-refractivity contribution in [3.8, 4) is 0 Å². The zero-order chi connectivity index (χ0) is 19.6. The largest absolute Gasteiger partial charge is 0.416 e. The van der Waals surface area contributed by atoms with Gasteiger partial charge in [0.25, 0.3) is 5.91 Å². The van der Waals surface area contributed by atoms with Crippen molar-refractivity contribution in [1.82, 2.24) is 9.88 Å². The van der Waals surface area contributed by atoms with Crippen molar-refractivity contribution in [3.63, 3.8) is 0 Å². The number of nitrogens with one attached hydrogen (secondary N) is 2. The van der Waals surface area contributed by atoms with Crippen LogP contribution in [0.1, 0.15) is 15.9 Å². The fourth-order valence-corrected chi connectivity index (χ4v) is 2.93. The Kier molecular flexibility index (Phi) is 5.22. The number of alkyl halides is 3. The molecule has 1 aliphatic rings. The third-order valence-corrected chi connectivity index (χ3v) is 4.45. The number of H-pyrrole nitrogens is 1. The topological polar surface area (TPSA) is 68.4 Å². The van der Waals surface area contributed by atoms with Crippen molar-refractivity contribution in [1.29, 1.82) is 0 Å². The van der Waals surface area contributed by atoms with E-state index in [2.05, 4.69) is 15.2 Å². The zero-order valence-electron chi connectivity index (χ0n) is 14.6. The second-order valence-corrected chi connectivity index (χ2v) is 6.42. The molecule has 3 rings (SSSR count). The van der Waals surface area contributed by atoms with Crippen LogP contribution in [0, 0.1) is 0 Å². The Bertz CT molecular complexity index is 887. The van der Waals surface area contributed by atoms with Crippen LogP contribution in [0.15, 0.2) is 41.3 Å². The molecule has 1 aromatic heterocycles. The molecule has 0 radical (unpaired) electrons. The summed E-state index contributed by atoms with van der Waals surface area (Å²) >= 11 is 0. The highest BCUT2D eigenvalue weighted by Gasteiger charge is 2.32. The first-order valence-corrected chi connectivity index (χ1v) is 8.39. The number of nitrogens with zero attached hydrogens (tertiary/aromatic N) is 2. The molecule has 0 unspecified atom stereocenters. The highest BCUT2D eigenvalue weighted by Crippen LogP contribution is 2.34. The molecule has 0 aliphatic carbocycles. The average Bonchev–Trinajstić information content (AvgIpc) is 2.61. The Morgan fingerprint density at radius 2 is 1.81 bits per heavy atom. The number of halogens is 3. The van der Waals surface area contributed by atoms with Crippen molar-refractivity contribution < 1.29 is 18.0 Å². The fourth-order valence-electron chi connectivity index (χ4n) is 2.93. The molecule has 1 aliphatic heterocycles. The minimum Gasteiger partial charge on any atom is -0.368 e. The summed E-state index contributed by atoms with van der Waals surface area (Å²) in [5.74, 6) is -0.566. The Hall–Kier alpha value is -2.81. The van der Waals surface area contributed by atoms with E-state index in [1.165, 1.54) is 24.4 Å². The van der Waals surface area contributed by atoms with Gasteiger partial charge in [-0.25, -0.2) is 0 Å². The van der Waals surface area contributed by atoms with Crippen LogP contribution in [0.4, 0.5) is 24.5 Å². The number of aromatic nitrogens is 1. The second-order valence-electron chi connectivity index (χ2n) is 6.42. The van der Waals surface area contributed by atoms with Crippen molar-refractivity contribution in [2.75, 3.05) is 43.4 Å². The maximum atomic E-state index is 13.2. The van der Waals surface area contributed by atoms with Gasteiger partial charge < -0.3 is 20.1 Å². The summed E-state index contributed by atoms with van der Waals surface area (Å²) in [6.07, 6.45) is -3.12. The predicted molar refractivity (Wildman–Crippen MR) is 96.2 cm³/mol. The van der Waals surface area contributed by atoms with Crippen LogP contribution >= 0.6 is 0 Å². The molecule has 9 heteroatoms. The number of piperazine rings is 1. The van der Waals surface area contributed by atoms with Crippen molar-refractivity contribution >= 4 is 17.3 Å². The van der Waals surface area contributed by atoms with Crippen LogP contribution < -0.4 is 15.8 Å². The number of anilines is 2. The van der Waals surface area contributed by atoms with Crippen LogP contribution in [-0.2, 0) is 6.18 Å². The maximum absolute atomic E-state index is 13.2. The van der Waals surface area contributed by atoms with Gasteiger partial charge in [-0.05, 0) is 31.3 Å². The zero-order valence-corrected chi connectivity index (χ0v) is 14.6. The number of amides is 1. The number of carbonyl (C=O) groups excluding carboxylic acids is 1. The molecular formula is C18H19F3N4O2. The monoisotopic (exact) mass is 380 g/mol. The molecule has 1 aromatic carbocycles. The van der Waals surface area contributed by atoms with Gasteiger partial charge in [0.1, 0.15) is 0 Å². The standard InChI is InChI=1S/C18H19F3N4O2/c1-24-6-8-25(9-7-24)15-10-12(18(19,20)21)2-3-14(15)17(27)23-13-4-5-22-16(26)11-13/h2-5,10-11H,6-9H2,1H3,(H2,22,23,26,27). The predicted octanol–water partition coefficient (Wildman–Crippen LogP) is 2.40. The molecular weight excluding hydrogens is 361 g/mol. The van der Waals surface area contributed by atoms with Gasteiger partial charge in [-0.15, -0.1) is 0 Å². The third-order valence-electron chi connectivity index (χ3n) is 4.45. The number of rotatable bonds is 3. The van der Waals surface area contributed by atoms with Gasteiger partial charge in [0, 0.05) is 44.1 Å². The lowest BCUT2D eigenvalue weighted by Crippen LogP contribution is -2.45. The van der Waals surface area contributed by atoms with Crippen molar-refractivity contribution in [2.45, 2.75) is 6.18 Å². The molecule has 144 valence electrons. The summed E-state index contributed by atoms with van der Waals surface area (Å²) in [5.41, 5.74) is -0.551. The van der Waals surface area contributed by atoms with Crippen LogP contribution in [0.2, 0.25) is 0 Å². The highest BCUT2D eigenvalue weighted by molar-refractivity contribution is 6.08. The molecule has 2 aromatic rings. The van der Waals surface area contributed by atoms with Gasteiger partial charge in [-0.2, -0.15) is 13.2 Å². The van der Waals surface area contributed by atoms with Gasteiger partial charge >= 0.3 is 6.18 Å². The number of aromatic amines is 1. The molecule has 1 saturated heterocycles. The normalized spacial score (nSPS) is 15.6. The van der Waals surface area contributed by atoms with E-state index in [-0.39, 0.29) is 22.5 Å². The summed E-state index contributed by atoms with van der Waals surface area (Å²) < 4.78 is 39.5. The number of likely N-dealkylation sites (N-methyl/N-ethyl adjacent to an activating group) is 1. The average molecular weight is 380 g/mol. The SMILES string of the molecule is CN1CCN(c2cc(C(F)(F)F)ccc2C(=O)Nc2cc[nH]c(=O)c2)CC1. The van der Waals surface area contributed by atoms with E-state index in [1.54, 1.807) is 4.90 Å². The summed E-state index contributed by atoms with van der Waals surface area (Å²) in [6, 6.07) is 5.79. The first kappa shape index (κ1) is 19.0. The lowest BCUT2D eigenvalue weighted by atomic mass is 10.1. The smallest absolute Gasteiger partial charge is 0.368 e. The maximum Gasteiger partial charge on any atom is 0.416 e. The minimum atomic E-state index is -4.50. The van der Waals surface area contributed by atoms with Crippen LogP contribution in [0.25, 0.3) is 0 Å². The Labute approximate surface area is 153 Å². The second kappa shape index (κ2) is 7.43. The van der Waals surface area contributed by atoms with E-state index in [0.717, 1.165) is 12.1 Å². The fraction of sp³-hybridized carbons (Fsp3) is 0.333. The molecule has 1 fully saturated rings. The van der Waals surface area contributed by atoms with E-state index in [0.29, 0.717) is 26.2 Å². The summed E-state index contributed by atoms with van der Waals surface area (Å²) in [4.78, 5) is 30.3. The molecule has 1 amide bonds. The number of pyridine rings is 1. The quantitative estimate of drug-likeness (QED) is 0.858. The Morgan fingerprint density at radius 3 is 2.44 bits per heavy atom. The van der Waals surface area contributed by atoms with E-state index in [1.807, 2.05) is 7.05 Å². The van der Waals surface area contributed by atoms with Crippen LogP contribution in [0.5, 0.6) is 0 Å². The van der Waals surface area contributed by atoms with E-state index in [9.17, 15) is 22.8 Å². The van der Waals surface area contributed by atoms with Crippen LogP contribution in [-0.4, -0.2) is 49.0 Å². The number of hydrogen-bond donors (Lipinski definition) is 2. The molecule has 27 heavy (non-hydrogen) atoms. The lowest BCUT2D eigenvalue weighted by molar-refractivity contribution is -0.137. The summed E-state index contributed by atoms with van der Waals surface area (Å²) in [5, 5.41) is 2.57. The van der Waals surface area contributed by atoms with Crippen molar-refractivity contribution in [3.05, 3.63) is 58.0 Å². The van der Waals surface area contributed by atoms with E-state index < -0.39 is 17.6 Å². The molecule has 6 nitrogen and oxygen atoms in total. The summed E-state index contributed by atoms with van der Waals surface area (Å²) in [6.45, 7) is 2.41. The van der Waals surface area contributed by atoms with E-state index in [4.69, 9.17) is 0 Å². The van der Waals surface area contributed by atoms with Gasteiger partial charge in [0.15, 0.2) is 0 Å². The highest BCUT2D eigenvalue weighted by atomic mass is 19.4. The number of benzene rings is 1. The van der Waals surface area contributed by atoms with E-state index >= 15 is 0 Å². The molecule has 2 N–H and O–H groups in total. The van der Waals surface area contributed by atoms with Gasteiger partial charge in [-0.1, -0.05) is 0 Å². The lowest BCUT2D eigenvalue weighted by Gasteiger charge is -2.35. The molecule has 0 atom stereocenters. The molecule has 2 heterocycles. The Morgan fingerprint density at radius 1 is 1.11 bits per heavy atom.